The zero-order valence-corrected chi connectivity index (χ0v) is 13.6. The first-order valence-corrected chi connectivity index (χ1v) is 7.79. The van der Waals surface area contributed by atoms with Crippen molar-refractivity contribution in [1.29, 1.82) is 0 Å². The first-order valence-electron chi connectivity index (χ1n) is 7.79. The summed E-state index contributed by atoms with van der Waals surface area (Å²) in [7, 11) is 5.92. The van der Waals surface area contributed by atoms with Gasteiger partial charge in [-0.05, 0) is 27.6 Å². The number of aliphatic hydroxyl groups is 1. The topological polar surface area (TPSA) is 75.7 Å². The molecule has 1 amide bonds. The first-order chi connectivity index (χ1) is 10.4. The zero-order chi connectivity index (χ0) is 15.9. The van der Waals surface area contributed by atoms with E-state index in [0.717, 1.165) is 30.8 Å². The van der Waals surface area contributed by atoms with Gasteiger partial charge in [-0.1, -0.05) is 0 Å². The van der Waals surface area contributed by atoms with E-state index >= 15 is 0 Å². The molecular formula is C15H25N5O2. The van der Waals surface area contributed by atoms with Crippen molar-refractivity contribution in [3.63, 3.8) is 0 Å². The molecule has 2 aliphatic heterocycles. The van der Waals surface area contributed by atoms with E-state index in [1.54, 1.807) is 4.90 Å². The molecule has 2 N–H and O–H groups in total. The number of nitrogens with zero attached hydrogens (tertiary/aromatic N) is 4. The highest BCUT2D eigenvalue weighted by Crippen LogP contribution is 2.26. The van der Waals surface area contributed by atoms with Gasteiger partial charge in [0.15, 0.2) is 5.69 Å². The molecule has 0 aliphatic carbocycles. The number of aromatic nitrogens is 2. The molecule has 1 fully saturated rings. The Hall–Kier alpha value is -1.44. The second-order valence-corrected chi connectivity index (χ2v) is 6.96. The van der Waals surface area contributed by atoms with Crippen LogP contribution in [-0.2, 0) is 13.0 Å². The highest BCUT2D eigenvalue weighted by Gasteiger charge is 2.40. The lowest BCUT2D eigenvalue weighted by molar-refractivity contribution is 0.0235. The summed E-state index contributed by atoms with van der Waals surface area (Å²) in [5, 5.41) is 17.8. The summed E-state index contributed by atoms with van der Waals surface area (Å²) in [6.45, 7) is 3.26. The Bertz CT molecular complexity index is 570. The number of fused-ring (bicyclic) bond motifs is 1. The summed E-state index contributed by atoms with van der Waals surface area (Å²) >= 11 is 0. The van der Waals surface area contributed by atoms with Crippen molar-refractivity contribution in [3.8, 4) is 0 Å². The third-order valence-electron chi connectivity index (χ3n) is 4.56. The van der Waals surface area contributed by atoms with E-state index in [0.29, 0.717) is 31.7 Å². The summed E-state index contributed by atoms with van der Waals surface area (Å²) in [4.78, 5) is 18.6. The van der Waals surface area contributed by atoms with Crippen LogP contribution in [0.25, 0.3) is 0 Å². The molecule has 1 saturated heterocycles. The largest absolute Gasteiger partial charge is 0.387 e. The second-order valence-electron chi connectivity index (χ2n) is 6.96. The molecule has 7 heteroatoms. The molecule has 22 heavy (non-hydrogen) atoms. The van der Waals surface area contributed by atoms with Crippen LogP contribution in [0.3, 0.4) is 0 Å². The van der Waals surface area contributed by atoms with Gasteiger partial charge in [-0.15, -0.1) is 0 Å². The molecule has 3 heterocycles. The zero-order valence-electron chi connectivity index (χ0n) is 13.6. The van der Waals surface area contributed by atoms with Gasteiger partial charge in [-0.3, -0.25) is 9.89 Å². The third kappa shape index (κ3) is 2.88. The predicted octanol–water partition coefficient (Wildman–Crippen LogP) is -0.464. The number of hydrogen-bond donors (Lipinski definition) is 2. The summed E-state index contributed by atoms with van der Waals surface area (Å²) in [5.41, 5.74) is 1.80. The molecule has 1 atom stereocenters. The summed E-state index contributed by atoms with van der Waals surface area (Å²) in [5.74, 6) is -0.0671. The van der Waals surface area contributed by atoms with Gasteiger partial charge in [-0.25, -0.2) is 0 Å². The van der Waals surface area contributed by atoms with E-state index in [2.05, 4.69) is 22.1 Å². The minimum absolute atomic E-state index is 0.0671. The van der Waals surface area contributed by atoms with E-state index in [9.17, 15) is 9.90 Å². The standard InChI is InChI=1S/C15H25N5O2/c1-18(2)9-15(22)5-7-20(10-15)14(21)13-11-8-19(3)6-4-12(11)16-17-13/h22H,4-10H2,1-3H3,(H,16,17)/t15-/m1/s1. The minimum Gasteiger partial charge on any atom is -0.387 e. The highest BCUT2D eigenvalue weighted by molar-refractivity contribution is 5.94. The number of likely N-dealkylation sites (N-methyl/N-ethyl adjacent to an activating group) is 2. The molecule has 0 bridgehead atoms. The molecule has 1 aromatic rings. The smallest absolute Gasteiger partial charge is 0.274 e. The average molecular weight is 307 g/mol. The fraction of sp³-hybridized carbons (Fsp3) is 0.733. The van der Waals surface area contributed by atoms with Crippen LogP contribution in [0.5, 0.6) is 0 Å². The van der Waals surface area contributed by atoms with Crippen molar-refractivity contribution in [2.45, 2.75) is 25.0 Å². The molecule has 2 aliphatic rings. The molecule has 3 rings (SSSR count). The summed E-state index contributed by atoms with van der Waals surface area (Å²) in [6, 6.07) is 0. The van der Waals surface area contributed by atoms with Crippen LogP contribution in [0.4, 0.5) is 0 Å². The fourth-order valence-corrected chi connectivity index (χ4v) is 3.50. The van der Waals surface area contributed by atoms with E-state index < -0.39 is 5.60 Å². The number of carbonyl (C=O) groups is 1. The van der Waals surface area contributed by atoms with Crippen LogP contribution in [0, 0.1) is 0 Å². The van der Waals surface area contributed by atoms with Crippen LogP contribution in [-0.4, -0.2) is 88.8 Å². The molecule has 0 saturated carbocycles. The Morgan fingerprint density at radius 1 is 1.45 bits per heavy atom. The number of carbonyl (C=O) groups excluding carboxylic acids is 1. The molecule has 1 aromatic heterocycles. The van der Waals surface area contributed by atoms with Crippen LogP contribution < -0.4 is 0 Å². The summed E-state index contributed by atoms with van der Waals surface area (Å²) < 4.78 is 0. The second kappa shape index (κ2) is 5.64. The van der Waals surface area contributed by atoms with Gasteiger partial charge in [-0.2, -0.15) is 5.10 Å². The van der Waals surface area contributed by atoms with Crippen LogP contribution in [0.2, 0.25) is 0 Å². The highest BCUT2D eigenvalue weighted by atomic mass is 16.3. The van der Waals surface area contributed by atoms with Crippen molar-refractivity contribution >= 4 is 5.91 Å². The van der Waals surface area contributed by atoms with Crippen LogP contribution >= 0.6 is 0 Å². The average Bonchev–Trinajstić information content (AvgIpc) is 3.01. The maximum atomic E-state index is 12.8. The number of amides is 1. The normalized spacial score (nSPS) is 25.8. The van der Waals surface area contributed by atoms with Crippen molar-refractivity contribution in [2.75, 3.05) is 47.3 Å². The lowest BCUT2D eigenvalue weighted by Gasteiger charge is -2.27. The Morgan fingerprint density at radius 2 is 2.23 bits per heavy atom. The Balaban J connectivity index is 1.75. The molecule has 0 aromatic carbocycles. The van der Waals surface area contributed by atoms with E-state index in [4.69, 9.17) is 0 Å². The van der Waals surface area contributed by atoms with Gasteiger partial charge in [0, 0.05) is 43.9 Å². The number of likely N-dealkylation sites (tertiary alicyclic amines) is 1. The van der Waals surface area contributed by atoms with E-state index in [1.165, 1.54) is 0 Å². The number of nitrogens with one attached hydrogen (secondary N) is 1. The number of rotatable bonds is 3. The Labute approximate surface area is 130 Å². The predicted molar refractivity (Wildman–Crippen MR) is 82.7 cm³/mol. The van der Waals surface area contributed by atoms with Gasteiger partial charge in [0.25, 0.3) is 5.91 Å². The number of aromatic amines is 1. The molecule has 122 valence electrons. The molecule has 0 spiro atoms. The molecule has 7 nitrogen and oxygen atoms in total. The van der Waals surface area contributed by atoms with Gasteiger partial charge in [0.05, 0.1) is 12.1 Å². The first kappa shape index (κ1) is 15.5. The van der Waals surface area contributed by atoms with Gasteiger partial charge in [0.2, 0.25) is 0 Å². The van der Waals surface area contributed by atoms with Crippen LogP contribution in [0.15, 0.2) is 0 Å². The minimum atomic E-state index is -0.813. The Kier molecular flexibility index (Phi) is 3.96. The number of hydrogen-bond acceptors (Lipinski definition) is 5. The third-order valence-corrected chi connectivity index (χ3v) is 4.56. The monoisotopic (exact) mass is 307 g/mol. The molecule has 0 radical (unpaired) electrons. The van der Waals surface area contributed by atoms with Gasteiger partial charge < -0.3 is 19.8 Å². The van der Waals surface area contributed by atoms with Crippen molar-refractivity contribution in [1.82, 2.24) is 24.9 Å². The number of β-amino-alcohol motifs (C(OH)–C–C–N with tert-alkyl or cyclic N) is 1. The van der Waals surface area contributed by atoms with Crippen molar-refractivity contribution < 1.29 is 9.90 Å². The lowest BCUT2D eigenvalue weighted by Crippen LogP contribution is -2.43. The van der Waals surface area contributed by atoms with Gasteiger partial charge >= 0.3 is 0 Å². The van der Waals surface area contributed by atoms with E-state index in [-0.39, 0.29) is 5.91 Å². The molecular weight excluding hydrogens is 282 g/mol. The maximum absolute atomic E-state index is 12.8. The maximum Gasteiger partial charge on any atom is 0.274 e. The van der Waals surface area contributed by atoms with Crippen molar-refractivity contribution in [3.05, 3.63) is 17.0 Å². The van der Waals surface area contributed by atoms with Gasteiger partial charge in [0.1, 0.15) is 0 Å². The number of H-pyrrole nitrogens is 1. The fourth-order valence-electron chi connectivity index (χ4n) is 3.50. The SMILES string of the molecule is CN(C)C[C@]1(O)CCN(C(=O)c2n[nH]c3c2CN(C)CC3)C1. The lowest BCUT2D eigenvalue weighted by atomic mass is 10.0. The van der Waals surface area contributed by atoms with Crippen molar-refractivity contribution in [2.24, 2.45) is 0 Å². The van der Waals surface area contributed by atoms with E-state index in [1.807, 2.05) is 19.0 Å². The molecule has 0 unspecified atom stereocenters. The Morgan fingerprint density at radius 3 is 2.95 bits per heavy atom. The quantitative estimate of drug-likeness (QED) is 0.790. The summed E-state index contributed by atoms with van der Waals surface area (Å²) in [6.07, 6.45) is 1.51. The van der Waals surface area contributed by atoms with Crippen LogP contribution in [0.1, 0.15) is 28.2 Å².